The van der Waals surface area contributed by atoms with Gasteiger partial charge in [-0.15, -0.1) is 0 Å². The number of hydrogen-bond donors (Lipinski definition) is 1. The van der Waals surface area contributed by atoms with Gasteiger partial charge in [-0.2, -0.15) is 0 Å². The normalized spacial score (nSPS) is 10.6. The number of para-hydroxylation sites is 1. The number of benzene rings is 1. The minimum Gasteiger partial charge on any atom is -0.357 e. The molecule has 2 heterocycles. The lowest BCUT2D eigenvalue weighted by molar-refractivity contribution is 1.12. The third kappa shape index (κ3) is 2.12. The predicted molar refractivity (Wildman–Crippen MR) is 77.1 cm³/mol. The summed E-state index contributed by atoms with van der Waals surface area (Å²) in [6.45, 7) is 2.00. The lowest BCUT2D eigenvalue weighted by Gasteiger charge is -2.07. The summed E-state index contributed by atoms with van der Waals surface area (Å²) >= 11 is 0. The SMILES string of the molecule is CNc1ncc(C)c(-c2cnc3ccccc3c2)n1. The second kappa shape index (κ2) is 4.65. The summed E-state index contributed by atoms with van der Waals surface area (Å²) in [5, 5.41) is 4.07. The van der Waals surface area contributed by atoms with Crippen LogP contribution in [0.25, 0.3) is 22.2 Å². The van der Waals surface area contributed by atoms with Gasteiger partial charge in [-0.25, -0.2) is 9.97 Å². The lowest BCUT2D eigenvalue weighted by Crippen LogP contribution is -1.99. The number of pyridine rings is 1. The number of anilines is 1. The molecule has 2 aromatic heterocycles. The molecule has 94 valence electrons. The maximum Gasteiger partial charge on any atom is 0.222 e. The Bertz CT molecular complexity index is 737. The van der Waals surface area contributed by atoms with Gasteiger partial charge in [0.15, 0.2) is 0 Å². The Hall–Kier alpha value is -2.49. The number of aromatic nitrogens is 3. The third-order valence-electron chi connectivity index (χ3n) is 3.06. The first kappa shape index (κ1) is 11.6. The molecule has 0 saturated heterocycles. The van der Waals surface area contributed by atoms with Crippen molar-refractivity contribution in [1.29, 1.82) is 0 Å². The first-order chi connectivity index (χ1) is 9.28. The molecule has 1 aromatic carbocycles. The fraction of sp³-hybridized carbons (Fsp3) is 0.133. The average Bonchev–Trinajstić information content (AvgIpc) is 2.47. The van der Waals surface area contributed by atoms with Crippen LogP contribution < -0.4 is 5.32 Å². The highest BCUT2D eigenvalue weighted by Gasteiger charge is 2.07. The quantitative estimate of drug-likeness (QED) is 0.759. The maximum absolute atomic E-state index is 4.51. The van der Waals surface area contributed by atoms with Crippen LogP contribution in [0.15, 0.2) is 42.7 Å². The van der Waals surface area contributed by atoms with Gasteiger partial charge in [-0.3, -0.25) is 4.98 Å². The zero-order valence-corrected chi connectivity index (χ0v) is 10.9. The summed E-state index contributed by atoms with van der Waals surface area (Å²) in [6.07, 6.45) is 3.68. The van der Waals surface area contributed by atoms with E-state index in [1.165, 1.54) is 0 Å². The van der Waals surface area contributed by atoms with Crippen LogP contribution in [0.1, 0.15) is 5.56 Å². The van der Waals surface area contributed by atoms with Gasteiger partial charge in [-0.05, 0) is 24.6 Å². The minimum absolute atomic E-state index is 0.619. The van der Waals surface area contributed by atoms with Crippen molar-refractivity contribution < 1.29 is 0 Å². The Kier molecular flexibility index (Phi) is 2.83. The molecule has 0 atom stereocenters. The molecule has 0 aliphatic rings. The van der Waals surface area contributed by atoms with Crippen molar-refractivity contribution in [3.63, 3.8) is 0 Å². The summed E-state index contributed by atoms with van der Waals surface area (Å²) in [5.74, 6) is 0.619. The van der Waals surface area contributed by atoms with Crippen molar-refractivity contribution in [1.82, 2.24) is 15.0 Å². The van der Waals surface area contributed by atoms with Gasteiger partial charge in [0, 0.05) is 30.4 Å². The summed E-state index contributed by atoms with van der Waals surface area (Å²) in [4.78, 5) is 13.2. The average molecular weight is 250 g/mol. The van der Waals surface area contributed by atoms with Gasteiger partial charge in [0.2, 0.25) is 5.95 Å². The number of aryl methyl sites for hydroxylation is 1. The van der Waals surface area contributed by atoms with Crippen LogP contribution in [0.4, 0.5) is 5.95 Å². The molecular formula is C15H14N4. The molecule has 0 aliphatic carbocycles. The Morgan fingerprint density at radius 1 is 1.05 bits per heavy atom. The van der Waals surface area contributed by atoms with E-state index in [0.717, 1.165) is 27.7 Å². The number of hydrogen-bond acceptors (Lipinski definition) is 4. The van der Waals surface area contributed by atoms with Crippen LogP contribution >= 0.6 is 0 Å². The van der Waals surface area contributed by atoms with Crippen molar-refractivity contribution in [2.24, 2.45) is 0 Å². The number of nitrogens with zero attached hydrogens (tertiary/aromatic N) is 3. The molecule has 3 aromatic rings. The highest BCUT2D eigenvalue weighted by atomic mass is 15.1. The number of nitrogens with one attached hydrogen (secondary N) is 1. The summed E-state index contributed by atoms with van der Waals surface area (Å²) < 4.78 is 0. The first-order valence-electron chi connectivity index (χ1n) is 6.14. The molecule has 0 aliphatic heterocycles. The van der Waals surface area contributed by atoms with E-state index >= 15 is 0 Å². The van der Waals surface area contributed by atoms with E-state index in [9.17, 15) is 0 Å². The lowest BCUT2D eigenvalue weighted by atomic mass is 10.1. The van der Waals surface area contributed by atoms with Crippen molar-refractivity contribution in [2.45, 2.75) is 6.92 Å². The molecule has 0 radical (unpaired) electrons. The van der Waals surface area contributed by atoms with Crippen molar-refractivity contribution in [3.8, 4) is 11.3 Å². The number of rotatable bonds is 2. The second-order valence-electron chi connectivity index (χ2n) is 4.39. The van der Waals surface area contributed by atoms with Gasteiger partial charge in [0.25, 0.3) is 0 Å². The first-order valence-corrected chi connectivity index (χ1v) is 6.14. The standard InChI is InChI=1S/C15H14N4/c1-10-8-18-15(16-2)19-14(10)12-7-11-5-3-4-6-13(11)17-9-12/h3-9H,1-2H3,(H,16,18,19). The largest absolute Gasteiger partial charge is 0.357 e. The fourth-order valence-corrected chi connectivity index (χ4v) is 2.06. The van der Waals surface area contributed by atoms with Crippen LogP contribution in [-0.2, 0) is 0 Å². The Balaban J connectivity index is 2.18. The predicted octanol–water partition coefficient (Wildman–Crippen LogP) is 3.04. The van der Waals surface area contributed by atoms with Crippen molar-refractivity contribution in [3.05, 3.63) is 48.3 Å². The highest BCUT2D eigenvalue weighted by molar-refractivity contribution is 5.83. The van der Waals surface area contributed by atoms with E-state index in [1.54, 1.807) is 0 Å². The Morgan fingerprint density at radius 2 is 1.89 bits per heavy atom. The van der Waals surface area contributed by atoms with E-state index in [0.29, 0.717) is 5.95 Å². The van der Waals surface area contributed by atoms with Crippen molar-refractivity contribution >= 4 is 16.9 Å². The fourth-order valence-electron chi connectivity index (χ4n) is 2.06. The number of fused-ring (bicyclic) bond motifs is 1. The Labute approximate surface area is 111 Å². The van der Waals surface area contributed by atoms with Gasteiger partial charge in [-0.1, -0.05) is 18.2 Å². The molecule has 0 unspecified atom stereocenters. The van der Waals surface area contributed by atoms with Crippen LogP contribution in [0, 0.1) is 6.92 Å². The van der Waals surface area contributed by atoms with Gasteiger partial charge < -0.3 is 5.32 Å². The molecule has 4 heteroatoms. The highest BCUT2D eigenvalue weighted by Crippen LogP contribution is 2.24. The molecule has 0 fully saturated rings. The molecule has 0 spiro atoms. The maximum atomic E-state index is 4.51. The zero-order chi connectivity index (χ0) is 13.2. The van der Waals surface area contributed by atoms with Gasteiger partial charge >= 0.3 is 0 Å². The summed E-state index contributed by atoms with van der Waals surface area (Å²) in [5.41, 5.74) is 3.95. The van der Waals surface area contributed by atoms with E-state index in [1.807, 2.05) is 44.6 Å². The van der Waals surface area contributed by atoms with Gasteiger partial charge in [0.1, 0.15) is 0 Å². The summed E-state index contributed by atoms with van der Waals surface area (Å²) in [7, 11) is 1.81. The van der Waals surface area contributed by atoms with Crippen LogP contribution in [0.2, 0.25) is 0 Å². The topological polar surface area (TPSA) is 50.7 Å². The van der Waals surface area contributed by atoms with Crippen LogP contribution in [0.5, 0.6) is 0 Å². The monoisotopic (exact) mass is 250 g/mol. The summed E-state index contributed by atoms with van der Waals surface area (Å²) in [6, 6.07) is 10.2. The van der Waals surface area contributed by atoms with Crippen molar-refractivity contribution in [2.75, 3.05) is 12.4 Å². The third-order valence-corrected chi connectivity index (χ3v) is 3.06. The molecule has 3 rings (SSSR count). The molecular weight excluding hydrogens is 236 g/mol. The molecule has 4 nitrogen and oxygen atoms in total. The van der Waals surface area contributed by atoms with E-state index in [4.69, 9.17) is 0 Å². The molecule has 0 bridgehead atoms. The molecule has 1 N–H and O–H groups in total. The minimum atomic E-state index is 0.619. The van der Waals surface area contributed by atoms with E-state index in [-0.39, 0.29) is 0 Å². The van der Waals surface area contributed by atoms with E-state index < -0.39 is 0 Å². The smallest absolute Gasteiger partial charge is 0.222 e. The van der Waals surface area contributed by atoms with E-state index in [2.05, 4.69) is 32.4 Å². The zero-order valence-electron chi connectivity index (χ0n) is 10.9. The van der Waals surface area contributed by atoms with Crippen LogP contribution in [0.3, 0.4) is 0 Å². The Morgan fingerprint density at radius 3 is 2.74 bits per heavy atom. The molecule has 19 heavy (non-hydrogen) atoms. The second-order valence-corrected chi connectivity index (χ2v) is 4.39. The van der Waals surface area contributed by atoms with Gasteiger partial charge in [0.05, 0.1) is 11.2 Å². The molecule has 0 saturated carbocycles. The molecule has 0 amide bonds. The van der Waals surface area contributed by atoms with Crippen LogP contribution in [-0.4, -0.2) is 22.0 Å².